The van der Waals surface area contributed by atoms with Crippen molar-refractivity contribution in [1.29, 1.82) is 0 Å². The van der Waals surface area contributed by atoms with Gasteiger partial charge in [-0.25, -0.2) is 0 Å². The third kappa shape index (κ3) is 4.67. The van der Waals surface area contributed by atoms with Crippen LogP contribution in [-0.4, -0.2) is 5.79 Å². The summed E-state index contributed by atoms with van der Waals surface area (Å²) in [7, 11) is 0. The lowest BCUT2D eigenvalue weighted by molar-refractivity contribution is -0.0691. The molecule has 31 heavy (non-hydrogen) atoms. The Morgan fingerprint density at radius 3 is 1.97 bits per heavy atom. The van der Waals surface area contributed by atoms with E-state index in [4.69, 9.17) is 37.1 Å². The minimum atomic E-state index is -1.15. The number of hydrogen-bond acceptors (Lipinski definition) is 7. The highest BCUT2D eigenvalue weighted by molar-refractivity contribution is 5.70. The van der Waals surface area contributed by atoms with Gasteiger partial charge in [0, 0.05) is 17.5 Å². The van der Waals surface area contributed by atoms with Crippen LogP contribution in [0.4, 0.5) is 22.7 Å². The third-order valence-corrected chi connectivity index (χ3v) is 4.76. The van der Waals surface area contributed by atoms with Crippen molar-refractivity contribution in [2.45, 2.75) is 12.2 Å². The van der Waals surface area contributed by atoms with E-state index in [-0.39, 0.29) is 0 Å². The molecular weight excluding hydrogens is 392 g/mol. The molecule has 0 heterocycles. The lowest BCUT2D eigenvalue weighted by Gasteiger charge is -2.33. The quantitative estimate of drug-likeness (QED) is 0.351. The average molecular weight is 416 g/mol. The van der Waals surface area contributed by atoms with Crippen LogP contribution in [0.5, 0.6) is 17.2 Å². The van der Waals surface area contributed by atoms with Crippen molar-refractivity contribution in [3.05, 3.63) is 90.7 Å². The third-order valence-electron chi connectivity index (χ3n) is 4.76. The first kappa shape index (κ1) is 20.0. The number of para-hydroxylation sites is 1. The SMILES string of the molecule is Nc1ccc(OC2=CCC(Oc3ccc(N)cc3)(Oc3cccc(N)c3N)C=C2)cc1. The second kappa shape index (κ2) is 8.23. The van der Waals surface area contributed by atoms with E-state index in [1.54, 1.807) is 78.9 Å². The molecule has 8 N–H and O–H groups in total. The Morgan fingerprint density at radius 2 is 1.35 bits per heavy atom. The van der Waals surface area contributed by atoms with Gasteiger partial charge in [-0.1, -0.05) is 6.07 Å². The maximum absolute atomic E-state index is 6.24. The largest absolute Gasteiger partial charge is 0.458 e. The van der Waals surface area contributed by atoms with Crippen LogP contribution in [0.1, 0.15) is 6.42 Å². The van der Waals surface area contributed by atoms with Crippen molar-refractivity contribution >= 4 is 22.7 Å². The lowest BCUT2D eigenvalue weighted by Crippen LogP contribution is -2.41. The fourth-order valence-electron chi connectivity index (χ4n) is 3.08. The Bertz CT molecular complexity index is 1120. The fourth-order valence-corrected chi connectivity index (χ4v) is 3.08. The molecule has 3 aromatic rings. The van der Waals surface area contributed by atoms with E-state index in [9.17, 15) is 0 Å². The molecule has 0 spiro atoms. The molecule has 1 atom stereocenters. The monoisotopic (exact) mass is 416 g/mol. The molecule has 0 aromatic heterocycles. The van der Waals surface area contributed by atoms with E-state index in [0.717, 1.165) is 0 Å². The van der Waals surface area contributed by atoms with Crippen LogP contribution in [0.15, 0.2) is 90.7 Å². The van der Waals surface area contributed by atoms with Crippen molar-refractivity contribution < 1.29 is 14.2 Å². The second-order valence-electron chi connectivity index (χ2n) is 7.16. The Kier molecular flexibility index (Phi) is 5.32. The average Bonchev–Trinajstić information content (AvgIpc) is 2.76. The molecule has 0 radical (unpaired) electrons. The minimum absolute atomic E-state index is 0.351. The van der Waals surface area contributed by atoms with Crippen molar-refractivity contribution in [2.24, 2.45) is 0 Å². The van der Waals surface area contributed by atoms with Gasteiger partial charge in [-0.05, 0) is 72.8 Å². The normalized spacial score (nSPS) is 17.6. The van der Waals surface area contributed by atoms with Crippen molar-refractivity contribution in [2.75, 3.05) is 22.9 Å². The molecule has 7 heteroatoms. The van der Waals surface area contributed by atoms with Crippen LogP contribution >= 0.6 is 0 Å². The molecule has 4 rings (SSSR count). The zero-order valence-corrected chi connectivity index (χ0v) is 16.8. The van der Waals surface area contributed by atoms with Gasteiger partial charge in [0.2, 0.25) is 0 Å². The first-order chi connectivity index (χ1) is 14.9. The maximum Gasteiger partial charge on any atom is 0.275 e. The van der Waals surface area contributed by atoms with E-state index >= 15 is 0 Å². The van der Waals surface area contributed by atoms with Crippen molar-refractivity contribution in [3.8, 4) is 17.2 Å². The smallest absolute Gasteiger partial charge is 0.275 e. The number of allylic oxidation sites excluding steroid dienone is 1. The molecule has 0 saturated carbocycles. The number of nitrogen functional groups attached to an aromatic ring is 4. The molecule has 3 aromatic carbocycles. The van der Waals surface area contributed by atoms with Gasteiger partial charge in [0.1, 0.15) is 23.0 Å². The molecule has 0 amide bonds. The van der Waals surface area contributed by atoms with Crippen LogP contribution in [0.25, 0.3) is 0 Å². The van der Waals surface area contributed by atoms with Gasteiger partial charge in [-0.3, -0.25) is 0 Å². The summed E-state index contributed by atoms with van der Waals surface area (Å²) in [6.07, 6.45) is 5.83. The summed E-state index contributed by atoms with van der Waals surface area (Å²) in [4.78, 5) is 0. The van der Waals surface area contributed by atoms with Crippen LogP contribution in [0.3, 0.4) is 0 Å². The number of benzene rings is 3. The molecule has 0 saturated heterocycles. The molecule has 1 unspecified atom stereocenters. The van der Waals surface area contributed by atoms with Gasteiger partial charge in [-0.2, -0.15) is 0 Å². The van der Waals surface area contributed by atoms with Gasteiger partial charge in [0.15, 0.2) is 0 Å². The van der Waals surface area contributed by atoms with Crippen LogP contribution in [0.2, 0.25) is 0 Å². The Hall–Kier alpha value is -4.26. The predicted molar refractivity (Wildman–Crippen MR) is 123 cm³/mol. The maximum atomic E-state index is 6.24. The fraction of sp³-hybridized carbons (Fsp3) is 0.0833. The zero-order chi connectivity index (χ0) is 21.8. The summed E-state index contributed by atoms with van der Waals surface area (Å²) in [5, 5.41) is 0. The van der Waals surface area contributed by atoms with E-state index in [0.29, 0.717) is 52.2 Å². The molecule has 1 aliphatic carbocycles. The first-order valence-corrected chi connectivity index (χ1v) is 9.73. The zero-order valence-electron chi connectivity index (χ0n) is 16.8. The van der Waals surface area contributed by atoms with E-state index < -0.39 is 5.79 Å². The highest BCUT2D eigenvalue weighted by Gasteiger charge is 2.34. The van der Waals surface area contributed by atoms with Crippen LogP contribution in [-0.2, 0) is 0 Å². The number of nitrogens with two attached hydrogens (primary N) is 4. The minimum Gasteiger partial charge on any atom is -0.458 e. The predicted octanol–water partition coefficient (Wildman–Crippen LogP) is 4.09. The van der Waals surface area contributed by atoms with E-state index in [1.165, 1.54) is 0 Å². The summed E-state index contributed by atoms with van der Waals surface area (Å²) < 4.78 is 18.4. The molecule has 1 aliphatic rings. The van der Waals surface area contributed by atoms with Gasteiger partial charge in [0.25, 0.3) is 5.79 Å². The lowest BCUT2D eigenvalue weighted by atomic mass is 10.1. The second-order valence-corrected chi connectivity index (χ2v) is 7.16. The number of hydrogen-bond donors (Lipinski definition) is 4. The van der Waals surface area contributed by atoms with Gasteiger partial charge in [0.05, 0.1) is 17.8 Å². The molecule has 158 valence electrons. The number of ether oxygens (including phenoxy) is 3. The molecule has 0 aliphatic heterocycles. The highest BCUT2D eigenvalue weighted by atomic mass is 16.7. The summed E-state index contributed by atoms with van der Waals surface area (Å²) >= 11 is 0. The first-order valence-electron chi connectivity index (χ1n) is 9.73. The van der Waals surface area contributed by atoms with Gasteiger partial charge >= 0.3 is 0 Å². The van der Waals surface area contributed by atoms with E-state index in [2.05, 4.69) is 0 Å². The molecule has 0 fully saturated rings. The topological polar surface area (TPSA) is 132 Å². The van der Waals surface area contributed by atoms with E-state index in [1.807, 2.05) is 6.08 Å². The number of anilines is 4. The van der Waals surface area contributed by atoms with Crippen molar-refractivity contribution in [1.82, 2.24) is 0 Å². The molecular formula is C24H24N4O3. The summed E-state index contributed by atoms with van der Waals surface area (Å²) in [5.41, 5.74) is 25.7. The van der Waals surface area contributed by atoms with Gasteiger partial charge < -0.3 is 37.1 Å². The van der Waals surface area contributed by atoms with Gasteiger partial charge in [-0.15, -0.1) is 0 Å². The molecule has 7 nitrogen and oxygen atoms in total. The van der Waals surface area contributed by atoms with Crippen LogP contribution in [0, 0.1) is 0 Å². The Morgan fingerprint density at radius 1 is 0.710 bits per heavy atom. The molecule has 0 bridgehead atoms. The standard InChI is InChI=1S/C24H24N4O3/c25-16-4-8-18(9-5-16)29-19-12-14-24(15-13-19,30-20-10-6-17(26)7-11-20)31-22-3-1-2-21(27)23(22)28/h1-14H,15,25-28H2. The summed E-state index contributed by atoms with van der Waals surface area (Å²) in [6.45, 7) is 0. The Balaban J connectivity index is 1.59. The highest BCUT2D eigenvalue weighted by Crippen LogP contribution is 2.36. The summed E-state index contributed by atoms with van der Waals surface area (Å²) in [5.74, 6) is 1.21. The Labute approximate surface area is 180 Å². The summed E-state index contributed by atoms with van der Waals surface area (Å²) in [6, 6.07) is 19.5. The van der Waals surface area contributed by atoms with Crippen LogP contribution < -0.4 is 37.1 Å². The van der Waals surface area contributed by atoms with Crippen molar-refractivity contribution in [3.63, 3.8) is 0 Å². The number of rotatable bonds is 6.